The molecule has 0 heterocycles. The maximum absolute atomic E-state index is 13.5. The molecule has 0 spiro atoms. The quantitative estimate of drug-likeness (QED) is 0.438. The molecule has 0 saturated carbocycles. The lowest BCUT2D eigenvalue weighted by atomic mass is 10.0. The Bertz CT molecular complexity index is 1020. The molecule has 0 aliphatic rings. The number of carbonyl (C=O) groups excluding carboxylic acids is 2. The molecule has 33 heavy (non-hydrogen) atoms. The lowest BCUT2D eigenvalue weighted by Crippen LogP contribution is -2.51. The SMILES string of the molecule is CCNC(=O)[C@H](Cc1ccccc1)N(Cc1cccc(C)c1)C(=O)CSCc1ccccc1. The van der Waals surface area contributed by atoms with E-state index in [4.69, 9.17) is 0 Å². The molecule has 0 aliphatic carbocycles. The zero-order valence-electron chi connectivity index (χ0n) is 19.4. The van der Waals surface area contributed by atoms with E-state index in [1.807, 2.05) is 80.6 Å². The molecular formula is C28H32N2O2S. The van der Waals surface area contributed by atoms with E-state index in [0.717, 1.165) is 22.4 Å². The average Bonchev–Trinajstić information content (AvgIpc) is 2.83. The van der Waals surface area contributed by atoms with Crippen molar-refractivity contribution in [1.82, 2.24) is 10.2 Å². The van der Waals surface area contributed by atoms with Crippen LogP contribution in [0, 0.1) is 6.92 Å². The summed E-state index contributed by atoms with van der Waals surface area (Å²) in [5.74, 6) is 0.945. The fourth-order valence-corrected chi connectivity index (χ4v) is 4.64. The average molecular weight is 461 g/mol. The minimum absolute atomic E-state index is 0.0235. The van der Waals surface area contributed by atoms with Crippen molar-refractivity contribution < 1.29 is 9.59 Å². The van der Waals surface area contributed by atoms with Gasteiger partial charge in [-0.25, -0.2) is 0 Å². The normalized spacial score (nSPS) is 11.6. The summed E-state index contributed by atoms with van der Waals surface area (Å²) < 4.78 is 0. The molecule has 0 aromatic heterocycles. The Morgan fingerprint density at radius 3 is 2.15 bits per heavy atom. The Kier molecular flexibility index (Phi) is 9.58. The first-order valence-corrected chi connectivity index (χ1v) is 12.5. The Morgan fingerprint density at radius 1 is 0.879 bits per heavy atom. The van der Waals surface area contributed by atoms with Gasteiger partial charge in [0.1, 0.15) is 6.04 Å². The molecule has 4 nitrogen and oxygen atoms in total. The molecule has 172 valence electrons. The summed E-state index contributed by atoms with van der Waals surface area (Å²) in [6, 6.07) is 27.6. The number of amides is 2. The molecule has 0 aliphatic heterocycles. The monoisotopic (exact) mass is 460 g/mol. The van der Waals surface area contributed by atoms with Gasteiger partial charge < -0.3 is 10.2 Å². The molecule has 3 rings (SSSR count). The Hall–Kier alpha value is -3.05. The van der Waals surface area contributed by atoms with Gasteiger partial charge in [0.25, 0.3) is 0 Å². The molecule has 1 atom stereocenters. The highest BCUT2D eigenvalue weighted by molar-refractivity contribution is 7.99. The van der Waals surface area contributed by atoms with Crippen molar-refractivity contribution >= 4 is 23.6 Å². The highest BCUT2D eigenvalue weighted by Crippen LogP contribution is 2.19. The number of hydrogen-bond donors (Lipinski definition) is 1. The van der Waals surface area contributed by atoms with E-state index in [-0.39, 0.29) is 11.8 Å². The van der Waals surface area contributed by atoms with Crippen LogP contribution in [-0.4, -0.2) is 35.1 Å². The topological polar surface area (TPSA) is 49.4 Å². The second kappa shape index (κ2) is 12.9. The van der Waals surface area contributed by atoms with Crippen molar-refractivity contribution in [2.24, 2.45) is 0 Å². The van der Waals surface area contributed by atoms with E-state index in [1.165, 1.54) is 5.56 Å². The number of rotatable bonds is 11. The standard InChI is InChI=1S/C28H32N2O2S/c1-3-29-28(32)26(18-23-12-6-4-7-13-23)30(19-25-16-10-11-22(2)17-25)27(31)21-33-20-24-14-8-5-9-15-24/h4-17,26H,3,18-21H2,1-2H3,(H,29,32)/t26-/m0/s1. The van der Waals surface area contributed by atoms with Gasteiger partial charge in [-0.15, -0.1) is 11.8 Å². The molecule has 1 N–H and O–H groups in total. The van der Waals surface area contributed by atoms with Crippen molar-refractivity contribution in [2.45, 2.75) is 38.6 Å². The first kappa shape index (κ1) is 24.6. The third kappa shape index (κ3) is 7.79. The van der Waals surface area contributed by atoms with Crippen molar-refractivity contribution in [3.8, 4) is 0 Å². The van der Waals surface area contributed by atoms with E-state index >= 15 is 0 Å². The van der Waals surface area contributed by atoms with Crippen molar-refractivity contribution in [2.75, 3.05) is 12.3 Å². The number of hydrogen-bond acceptors (Lipinski definition) is 3. The molecule has 3 aromatic carbocycles. The molecule has 0 fully saturated rings. The largest absolute Gasteiger partial charge is 0.355 e. The summed E-state index contributed by atoms with van der Waals surface area (Å²) in [5, 5.41) is 2.94. The second-order valence-corrected chi connectivity index (χ2v) is 9.07. The fourth-order valence-electron chi connectivity index (χ4n) is 3.77. The Labute approximate surface area is 201 Å². The van der Waals surface area contributed by atoms with Crippen molar-refractivity contribution in [3.63, 3.8) is 0 Å². The van der Waals surface area contributed by atoms with Crippen LogP contribution in [0.15, 0.2) is 84.9 Å². The van der Waals surface area contributed by atoms with Crippen LogP contribution in [0.2, 0.25) is 0 Å². The molecule has 0 bridgehead atoms. The molecule has 0 saturated heterocycles. The van der Waals surface area contributed by atoms with Crippen LogP contribution in [0.4, 0.5) is 0 Å². The molecule has 0 radical (unpaired) electrons. The summed E-state index contributed by atoms with van der Waals surface area (Å²) >= 11 is 1.58. The van der Waals surface area contributed by atoms with Gasteiger partial charge in [0, 0.05) is 25.3 Å². The van der Waals surface area contributed by atoms with Crippen LogP contribution in [0.25, 0.3) is 0 Å². The van der Waals surface area contributed by atoms with Crippen LogP contribution < -0.4 is 5.32 Å². The van der Waals surface area contributed by atoms with Crippen LogP contribution in [0.1, 0.15) is 29.2 Å². The summed E-state index contributed by atoms with van der Waals surface area (Å²) in [4.78, 5) is 28.4. The van der Waals surface area contributed by atoms with Crippen molar-refractivity contribution in [3.05, 3.63) is 107 Å². The fraction of sp³-hybridized carbons (Fsp3) is 0.286. The number of likely N-dealkylation sites (N-methyl/N-ethyl adjacent to an activating group) is 1. The summed E-state index contributed by atoms with van der Waals surface area (Å²) in [6.07, 6.45) is 0.480. The van der Waals surface area contributed by atoms with Gasteiger partial charge in [-0.05, 0) is 30.5 Å². The minimum atomic E-state index is -0.572. The van der Waals surface area contributed by atoms with E-state index in [0.29, 0.717) is 25.3 Å². The predicted octanol–water partition coefficient (Wildman–Crippen LogP) is 5.00. The van der Waals surface area contributed by atoms with Gasteiger partial charge >= 0.3 is 0 Å². The molecule has 5 heteroatoms. The first-order chi connectivity index (χ1) is 16.1. The van der Waals surface area contributed by atoms with Crippen LogP contribution >= 0.6 is 11.8 Å². The number of carbonyl (C=O) groups is 2. The predicted molar refractivity (Wildman–Crippen MR) is 137 cm³/mol. The second-order valence-electron chi connectivity index (χ2n) is 8.09. The van der Waals surface area contributed by atoms with Crippen LogP contribution in [0.3, 0.4) is 0 Å². The highest BCUT2D eigenvalue weighted by atomic mass is 32.2. The zero-order chi connectivity index (χ0) is 23.5. The first-order valence-electron chi connectivity index (χ1n) is 11.3. The van der Waals surface area contributed by atoms with E-state index < -0.39 is 6.04 Å². The smallest absolute Gasteiger partial charge is 0.243 e. The van der Waals surface area contributed by atoms with Gasteiger partial charge in [0.05, 0.1) is 5.75 Å². The molecule has 3 aromatic rings. The number of thioether (sulfide) groups is 1. The Morgan fingerprint density at radius 2 is 1.52 bits per heavy atom. The summed E-state index contributed by atoms with van der Waals surface area (Å²) in [6.45, 7) is 4.87. The third-order valence-electron chi connectivity index (χ3n) is 5.39. The van der Waals surface area contributed by atoms with Crippen molar-refractivity contribution in [1.29, 1.82) is 0 Å². The Balaban J connectivity index is 1.82. The summed E-state index contributed by atoms with van der Waals surface area (Å²) in [7, 11) is 0. The number of benzene rings is 3. The van der Waals surface area contributed by atoms with Gasteiger partial charge in [0.2, 0.25) is 11.8 Å². The number of aryl methyl sites for hydroxylation is 1. The maximum atomic E-state index is 13.5. The lowest BCUT2D eigenvalue weighted by molar-refractivity contribution is -0.139. The van der Waals surface area contributed by atoms with Gasteiger partial charge in [-0.3, -0.25) is 9.59 Å². The van der Waals surface area contributed by atoms with Gasteiger partial charge in [-0.2, -0.15) is 0 Å². The number of nitrogens with zero attached hydrogens (tertiary/aromatic N) is 1. The molecular weight excluding hydrogens is 428 g/mol. The molecule has 0 unspecified atom stereocenters. The van der Waals surface area contributed by atoms with E-state index in [2.05, 4.69) is 23.5 Å². The lowest BCUT2D eigenvalue weighted by Gasteiger charge is -2.31. The summed E-state index contributed by atoms with van der Waals surface area (Å²) in [5.41, 5.74) is 4.38. The highest BCUT2D eigenvalue weighted by Gasteiger charge is 2.30. The van der Waals surface area contributed by atoms with Gasteiger partial charge in [-0.1, -0.05) is 90.5 Å². The van der Waals surface area contributed by atoms with E-state index in [1.54, 1.807) is 16.7 Å². The molecule has 2 amide bonds. The third-order valence-corrected chi connectivity index (χ3v) is 6.38. The van der Waals surface area contributed by atoms with Crippen LogP contribution in [0.5, 0.6) is 0 Å². The van der Waals surface area contributed by atoms with Crippen LogP contribution in [-0.2, 0) is 28.3 Å². The minimum Gasteiger partial charge on any atom is -0.355 e. The number of nitrogens with one attached hydrogen (secondary N) is 1. The van der Waals surface area contributed by atoms with E-state index in [9.17, 15) is 9.59 Å². The van der Waals surface area contributed by atoms with Gasteiger partial charge in [0.15, 0.2) is 0 Å². The zero-order valence-corrected chi connectivity index (χ0v) is 20.2. The maximum Gasteiger partial charge on any atom is 0.243 e.